The molecule has 2 aromatic rings. The highest BCUT2D eigenvalue weighted by Crippen LogP contribution is 2.11. The summed E-state index contributed by atoms with van der Waals surface area (Å²) >= 11 is 0. The molecule has 0 aliphatic rings. The van der Waals surface area contributed by atoms with Crippen LogP contribution in [0.1, 0.15) is 0 Å². The molecule has 0 aliphatic heterocycles. The number of rotatable bonds is 0. The Morgan fingerprint density at radius 1 is 0.643 bits per heavy atom. The zero-order valence-corrected chi connectivity index (χ0v) is 7.51. The zero-order chi connectivity index (χ0) is 10.2. The van der Waals surface area contributed by atoms with Gasteiger partial charge in [-0.05, 0) is 10.8 Å². The third-order valence-corrected chi connectivity index (χ3v) is 1.71. The maximum atomic E-state index is 7.26. The van der Waals surface area contributed by atoms with Gasteiger partial charge in [0.15, 0.2) is 12.1 Å². The van der Waals surface area contributed by atoms with Crippen molar-refractivity contribution in [3.05, 3.63) is 48.5 Å². The lowest BCUT2D eigenvalue weighted by atomic mass is 10.1. The summed E-state index contributed by atoms with van der Waals surface area (Å²) in [6, 6.07) is 19.2. The van der Waals surface area contributed by atoms with Crippen molar-refractivity contribution < 1.29 is 0 Å². The molecule has 0 fully saturated rings. The van der Waals surface area contributed by atoms with Gasteiger partial charge in [-0.1, -0.05) is 48.5 Å². The van der Waals surface area contributed by atoms with Crippen molar-refractivity contribution in [1.29, 1.82) is 10.5 Å². The molecule has 0 atom stereocenters. The summed E-state index contributed by atoms with van der Waals surface area (Å²) in [7, 11) is 0. The lowest BCUT2D eigenvalue weighted by molar-refractivity contribution is 1.49. The van der Waals surface area contributed by atoms with E-state index in [1.807, 2.05) is 0 Å². The van der Waals surface area contributed by atoms with Crippen molar-refractivity contribution in [3.63, 3.8) is 0 Å². The number of benzene rings is 2. The van der Waals surface area contributed by atoms with Gasteiger partial charge in [-0.2, -0.15) is 10.5 Å². The Morgan fingerprint density at radius 2 is 0.929 bits per heavy atom. The summed E-state index contributed by atoms with van der Waals surface area (Å²) in [5, 5.41) is 17.1. The van der Waals surface area contributed by atoms with E-state index >= 15 is 0 Å². The minimum atomic E-state index is 1.24. The molecule has 0 bridgehead atoms. The van der Waals surface area contributed by atoms with Crippen LogP contribution in [0.5, 0.6) is 0 Å². The Bertz CT molecular complexity index is 412. The van der Waals surface area contributed by atoms with Crippen LogP contribution in [0.2, 0.25) is 0 Å². The molecule has 0 spiro atoms. The van der Waals surface area contributed by atoms with Gasteiger partial charge in [0.2, 0.25) is 0 Å². The molecule has 66 valence electrons. The summed E-state index contributed by atoms with van der Waals surface area (Å²) in [4.78, 5) is 0. The van der Waals surface area contributed by atoms with Crippen LogP contribution in [-0.2, 0) is 0 Å². The van der Waals surface area contributed by atoms with Crippen LogP contribution in [0.3, 0.4) is 0 Å². The molecule has 2 rings (SSSR count). The van der Waals surface area contributed by atoms with Gasteiger partial charge >= 0.3 is 0 Å². The van der Waals surface area contributed by atoms with Crippen LogP contribution in [0.25, 0.3) is 10.8 Å². The molecule has 0 unspecified atom stereocenters. The summed E-state index contributed by atoms with van der Waals surface area (Å²) < 4.78 is 0. The Kier molecular flexibility index (Phi) is 3.73. The quantitative estimate of drug-likeness (QED) is 0.625. The highest BCUT2D eigenvalue weighted by molar-refractivity contribution is 5.81. The van der Waals surface area contributed by atoms with E-state index in [2.05, 4.69) is 48.5 Å². The predicted molar refractivity (Wildman–Crippen MR) is 55.2 cm³/mol. The highest BCUT2D eigenvalue weighted by Gasteiger charge is 1.85. The molecule has 0 saturated carbocycles. The molecule has 0 heterocycles. The Labute approximate surface area is 82.6 Å². The lowest BCUT2D eigenvalue weighted by Gasteiger charge is -1.92. The van der Waals surface area contributed by atoms with Crippen LogP contribution in [0.4, 0.5) is 0 Å². The number of fused-ring (bicyclic) bond motifs is 1. The molecule has 2 heteroatoms. The first-order valence-corrected chi connectivity index (χ1v) is 4.10. The smallest absolute Gasteiger partial charge is 0.181 e. The summed E-state index contributed by atoms with van der Waals surface area (Å²) in [5.41, 5.74) is 0. The molecule has 2 aromatic carbocycles. The monoisotopic (exact) mass is 180 g/mol. The highest BCUT2D eigenvalue weighted by atomic mass is 14.3. The third kappa shape index (κ3) is 2.62. The number of nitriles is 2. The fraction of sp³-hybridized carbons (Fsp3) is 0. The van der Waals surface area contributed by atoms with E-state index in [1.54, 1.807) is 0 Å². The summed E-state index contributed by atoms with van der Waals surface area (Å²) in [6.07, 6.45) is 0. The lowest BCUT2D eigenvalue weighted by Crippen LogP contribution is -1.67. The van der Waals surface area contributed by atoms with E-state index in [4.69, 9.17) is 10.5 Å². The number of hydrogen-bond donors (Lipinski definition) is 0. The van der Waals surface area contributed by atoms with E-state index in [1.165, 1.54) is 22.9 Å². The molecule has 14 heavy (non-hydrogen) atoms. The molecule has 0 aliphatic carbocycles. The van der Waals surface area contributed by atoms with Gasteiger partial charge in [-0.3, -0.25) is 0 Å². The van der Waals surface area contributed by atoms with Gasteiger partial charge in [0.25, 0.3) is 0 Å². The van der Waals surface area contributed by atoms with Gasteiger partial charge in [0.1, 0.15) is 0 Å². The number of nitrogens with zero attached hydrogens (tertiary/aromatic N) is 2. The van der Waals surface area contributed by atoms with Crippen molar-refractivity contribution in [1.82, 2.24) is 0 Å². The molecule has 0 aromatic heterocycles. The molecule has 0 saturated heterocycles. The fourth-order valence-corrected chi connectivity index (χ4v) is 1.13. The van der Waals surface area contributed by atoms with Gasteiger partial charge in [-0.15, -0.1) is 0 Å². The van der Waals surface area contributed by atoms with Crippen molar-refractivity contribution in [2.75, 3.05) is 0 Å². The largest absolute Gasteiger partial charge is 0.181 e. The molecular formula is C12H8N2. The molecule has 2 nitrogen and oxygen atoms in total. The molecule has 0 radical (unpaired) electrons. The van der Waals surface area contributed by atoms with Gasteiger partial charge in [0.05, 0.1) is 0 Å². The van der Waals surface area contributed by atoms with Gasteiger partial charge < -0.3 is 0 Å². The molecular weight excluding hydrogens is 172 g/mol. The second kappa shape index (κ2) is 5.35. The first kappa shape index (κ1) is 9.77. The van der Waals surface area contributed by atoms with Crippen LogP contribution in [-0.4, -0.2) is 0 Å². The first-order chi connectivity index (χ1) is 6.88. The molecule has 0 amide bonds. The second-order valence-electron chi connectivity index (χ2n) is 2.57. The Balaban J connectivity index is 0.000000213. The van der Waals surface area contributed by atoms with E-state index in [-0.39, 0.29) is 0 Å². The average molecular weight is 180 g/mol. The maximum Gasteiger partial charge on any atom is 0.181 e. The second-order valence-corrected chi connectivity index (χ2v) is 2.57. The minimum Gasteiger partial charge on any atom is -0.181 e. The van der Waals surface area contributed by atoms with Crippen molar-refractivity contribution in [2.24, 2.45) is 0 Å². The third-order valence-electron chi connectivity index (χ3n) is 1.71. The van der Waals surface area contributed by atoms with E-state index in [9.17, 15) is 0 Å². The summed E-state index contributed by atoms with van der Waals surface area (Å²) in [6.45, 7) is 0. The normalized spacial score (nSPS) is 7.86. The predicted octanol–water partition coefficient (Wildman–Crippen LogP) is 2.87. The van der Waals surface area contributed by atoms with Crippen molar-refractivity contribution in [3.8, 4) is 12.1 Å². The molecule has 0 N–H and O–H groups in total. The Hall–Kier alpha value is -2.32. The Morgan fingerprint density at radius 3 is 1.14 bits per heavy atom. The van der Waals surface area contributed by atoms with E-state index in [0.29, 0.717) is 0 Å². The van der Waals surface area contributed by atoms with Crippen LogP contribution in [0.15, 0.2) is 48.5 Å². The SMILES string of the molecule is N#CC#N.c1ccc2ccccc2c1. The standard InChI is InChI=1S/C10H8.C2N2/c1-2-6-10-8-4-3-7-9(10)5-1;3-1-2-4/h1-8H;. The number of hydrogen-bond acceptors (Lipinski definition) is 2. The maximum absolute atomic E-state index is 7.26. The van der Waals surface area contributed by atoms with Crippen LogP contribution in [0, 0.1) is 22.7 Å². The van der Waals surface area contributed by atoms with Crippen molar-refractivity contribution in [2.45, 2.75) is 0 Å². The van der Waals surface area contributed by atoms with Gasteiger partial charge in [0, 0.05) is 0 Å². The zero-order valence-electron chi connectivity index (χ0n) is 7.51. The van der Waals surface area contributed by atoms with Crippen LogP contribution < -0.4 is 0 Å². The van der Waals surface area contributed by atoms with E-state index < -0.39 is 0 Å². The first-order valence-electron chi connectivity index (χ1n) is 4.10. The van der Waals surface area contributed by atoms with Crippen LogP contribution >= 0.6 is 0 Å². The van der Waals surface area contributed by atoms with Crippen molar-refractivity contribution >= 4 is 10.8 Å². The average Bonchev–Trinajstić information content (AvgIpc) is 2.30. The topological polar surface area (TPSA) is 47.6 Å². The minimum absolute atomic E-state index is 1.24. The summed E-state index contributed by atoms with van der Waals surface area (Å²) in [5.74, 6) is 0. The van der Waals surface area contributed by atoms with E-state index in [0.717, 1.165) is 0 Å². The van der Waals surface area contributed by atoms with Gasteiger partial charge in [-0.25, -0.2) is 0 Å². The fourth-order valence-electron chi connectivity index (χ4n) is 1.13.